The Morgan fingerprint density at radius 3 is 2.46 bits per heavy atom. The Balaban J connectivity index is 1.79. The summed E-state index contributed by atoms with van der Waals surface area (Å²) in [7, 11) is 0. The van der Waals surface area contributed by atoms with Gasteiger partial charge >= 0.3 is 0 Å². The van der Waals surface area contributed by atoms with E-state index in [1.165, 1.54) is 0 Å². The number of aromatic nitrogens is 4. The van der Waals surface area contributed by atoms with Gasteiger partial charge in [0, 0.05) is 11.3 Å². The smallest absolute Gasteiger partial charge is 0.265 e. The van der Waals surface area contributed by atoms with Gasteiger partial charge in [-0.1, -0.05) is 48.5 Å². The zero-order valence-electron chi connectivity index (χ0n) is 16.0. The predicted molar refractivity (Wildman–Crippen MR) is 110 cm³/mol. The minimum Gasteiger partial charge on any atom is -0.265 e. The summed E-state index contributed by atoms with van der Waals surface area (Å²) >= 11 is 0. The molecule has 0 bridgehead atoms. The van der Waals surface area contributed by atoms with Crippen LogP contribution in [-0.2, 0) is 0 Å². The third kappa shape index (κ3) is 2.66. The van der Waals surface area contributed by atoms with Gasteiger partial charge in [-0.3, -0.25) is 4.79 Å². The standard InChI is InChI=1S/C23H22N4O/c1-15-8-6-7-11-20(15)27-22-19(14-24-27)21(18-12-13-18)25-26(23(22)28)16(2)17-9-4-3-5-10-17/h3-11,14,16,18H,12-13H2,1-2H3. The molecule has 0 N–H and O–H groups in total. The van der Waals surface area contributed by atoms with E-state index in [0.717, 1.165) is 40.7 Å². The lowest BCUT2D eigenvalue weighted by Gasteiger charge is -2.17. The summed E-state index contributed by atoms with van der Waals surface area (Å²) in [4.78, 5) is 13.5. The molecule has 5 nitrogen and oxygen atoms in total. The van der Waals surface area contributed by atoms with Crippen molar-refractivity contribution in [1.82, 2.24) is 19.6 Å². The Hall–Kier alpha value is -3.21. The SMILES string of the molecule is Cc1ccccc1-n1ncc2c(C3CC3)nn(C(C)c3ccccc3)c(=O)c21. The van der Waals surface area contributed by atoms with Crippen molar-refractivity contribution >= 4 is 10.9 Å². The minimum atomic E-state index is -0.143. The third-order valence-electron chi connectivity index (χ3n) is 5.63. The lowest BCUT2D eigenvalue weighted by Crippen LogP contribution is -2.29. The van der Waals surface area contributed by atoms with E-state index in [1.807, 2.05) is 68.4 Å². The highest BCUT2D eigenvalue weighted by Crippen LogP contribution is 2.41. The van der Waals surface area contributed by atoms with E-state index in [2.05, 4.69) is 5.10 Å². The van der Waals surface area contributed by atoms with Crippen LogP contribution in [-0.4, -0.2) is 19.6 Å². The molecule has 1 saturated carbocycles. The summed E-state index contributed by atoms with van der Waals surface area (Å²) in [6.45, 7) is 4.07. The minimum absolute atomic E-state index is 0.100. The number of rotatable bonds is 4. The largest absolute Gasteiger partial charge is 0.293 e. The monoisotopic (exact) mass is 370 g/mol. The molecule has 4 aromatic rings. The Bertz CT molecular complexity index is 1220. The Morgan fingerprint density at radius 2 is 1.75 bits per heavy atom. The molecule has 1 atom stereocenters. The van der Waals surface area contributed by atoms with Crippen molar-refractivity contribution in [3.8, 4) is 5.69 Å². The molecule has 0 aliphatic heterocycles. The highest BCUT2D eigenvalue weighted by Gasteiger charge is 2.31. The van der Waals surface area contributed by atoms with Crippen LogP contribution in [0.2, 0.25) is 0 Å². The molecule has 0 radical (unpaired) electrons. The normalized spacial score (nSPS) is 15.1. The van der Waals surface area contributed by atoms with Crippen LogP contribution in [0.15, 0.2) is 65.6 Å². The molecule has 2 aromatic heterocycles. The first kappa shape index (κ1) is 16.9. The van der Waals surface area contributed by atoms with Crippen LogP contribution < -0.4 is 5.56 Å². The van der Waals surface area contributed by atoms with E-state index in [1.54, 1.807) is 15.6 Å². The van der Waals surface area contributed by atoms with Gasteiger partial charge < -0.3 is 0 Å². The fourth-order valence-corrected chi connectivity index (χ4v) is 3.84. The molecule has 1 aliphatic rings. The first-order valence-electron chi connectivity index (χ1n) is 9.76. The van der Waals surface area contributed by atoms with Crippen molar-refractivity contribution < 1.29 is 0 Å². The van der Waals surface area contributed by atoms with Crippen molar-refractivity contribution in [2.45, 2.75) is 38.6 Å². The first-order valence-corrected chi connectivity index (χ1v) is 9.76. The maximum atomic E-state index is 13.5. The molecule has 5 rings (SSSR count). The van der Waals surface area contributed by atoms with Crippen LogP contribution >= 0.6 is 0 Å². The van der Waals surface area contributed by atoms with E-state index >= 15 is 0 Å². The van der Waals surface area contributed by atoms with Gasteiger partial charge in [0.2, 0.25) is 0 Å². The second-order valence-corrected chi connectivity index (χ2v) is 7.60. The summed E-state index contributed by atoms with van der Waals surface area (Å²) in [6.07, 6.45) is 4.05. The molecular weight excluding hydrogens is 348 g/mol. The van der Waals surface area contributed by atoms with Crippen LogP contribution in [0.3, 0.4) is 0 Å². The van der Waals surface area contributed by atoms with Gasteiger partial charge in [-0.15, -0.1) is 0 Å². The molecule has 2 aromatic carbocycles. The van der Waals surface area contributed by atoms with Gasteiger partial charge in [0.05, 0.1) is 23.6 Å². The zero-order chi connectivity index (χ0) is 19.3. The topological polar surface area (TPSA) is 52.7 Å². The average Bonchev–Trinajstić information content (AvgIpc) is 3.47. The van der Waals surface area contributed by atoms with Gasteiger partial charge in [-0.25, -0.2) is 9.36 Å². The van der Waals surface area contributed by atoms with Crippen LogP contribution in [0.1, 0.15) is 48.5 Å². The molecule has 1 aliphatic carbocycles. The van der Waals surface area contributed by atoms with Gasteiger partial charge in [0.1, 0.15) is 5.52 Å². The fraction of sp³-hybridized carbons (Fsp3) is 0.261. The second-order valence-electron chi connectivity index (χ2n) is 7.60. The molecule has 140 valence electrons. The number of para-hydroxylation sites is 1. The third-order valence-corrected chi connectivity index (χ3v) is 5.63. The van der Waals surface area contributed by atoms with Gasteiger partial charge in [-0.05, 0) is 43.9 Å². The Labute approximate surface area is 163 Å². The first-order chi connectivity index (χ1) is 13.6. The van der Waals surface area contributed by atoms with E-state index in [4.69, 9.17) is 5.10 Å². The molecule has 1 fully saturated rings. The average molecular weight is 370 g/mol. The van der Waals surface area contributed by atoms with Crippen LogP contribution in [0.4, 0.5) is 0 Å². The summed E-state index contributed by atoms with van der Waals surface area (Å²) in [5, 5.41) is 10.3. The summed E-state index contributed by atoms with van der Waals surface area (Å²) in [5.74, 6) is 0.423. The van der Waals surface area contributed by atoms with Crippen LogP contribution in [0, 0.1) is 6.92 Å². The maximum Gasteiger partial charge on any atom is 0.293 e. The molecular formula is C23H22N4O. The van der Waals surface area contributed by atoms with E-state index in [9.17, 15) is 4.79 Å². The van der Waals surface area contributed by atoms with Crippen molar-refractivity contribution in [2.24, 2.45) is 0 Å². The highest BCUT2D eigenvalue weighted by atomic mass is 16.1. The number of benzene rings is 2. The molecule has 0 saturated heterocycles. The molecule has 28 heavy (non-hydrogen) atoms. The van der Waals surface area contributed by atoms with Crippen LogP contribution in [0.25, 0.3) is 16.6 Å². The molecule has 1 unspecified atom stereocenters. The number of hydrogen-bond acceptors (Lipinski definition) is 3. The van der Waals surface area contributed by atoms with Crippen molar-refractivity contribution in [3.63, 3.8) is 0 Å². The van der Waals surface area contributed by atoms with E-state index in [0.29, 0.717) is 11.4 Å². The van der Waals surface area contributed by atoms with Gasteiger partial charge in [0.15, 0.2) is 0 Å². The number of fused-ring (bicyclic) bond motifs is 1. The summed E-state index contributed by atoms with van der Waals surface area (Å²) in [5.41, 5.74) is 4.60. The molecule has 0 amide bonds. The summed E-state index contributed by atoms with van der Waals surface area (Å²) < 4.78 is 3.43. The van der Waals surface area contributed by atoms with E-state index in [-0.39, 0.29) is 11.6 Å². The number of hydrogen-bond donors (Lipinski definition) is 0. The van der Waals surface area contributed by atoms with Crippen molar-refractivity contribution in [2.75, 3.05) is 0 Å². The number of nitrogens with zero attached hydrogens (tertiary/aromatic N) is 4. The molecule has 2 heterocycles. The molecule has 5 heteroatoms. The van der Waals surface area contributed by atoms with Crippen molar-refractivity contribution in [1.29, 1.82) is 0 Å². The van der Waals surface area contributed by atoms with Gasteiger partial charge in [-0.2, -0.15) is 10.2 Å². The van der Waals surface area contributed by atoms with E-state index < -0.39 is 0 Å². The van der Waals surface area contributed by atoms with Crippen LogP contribution in [0.5, 0.6) is 0 Å². The Morgan fingerprint density at radius 1 is 1.04 bits per heavy atom. The second kappa shape index (κ2) is 6.44. The predicted octanol–water partition coefficient (Wildman–Crippen LogP) is 4.38. The lowest BCUT2D eigenvalue weighted by molar-refractivity contribution is 0.526. The van der Waals surface area contributed by atoms with Gasteiger partial charge in [0.25, 0.3) is 5.56 Å². The maximum absolute atomic E-state index is 13.5. The zero-order valence-corrected chi connectivity index (χ0v) is 16.0. The lowest BCUT2D eigenvalue weighted by atomic mass is 10.1. The van der Waals surface area contributed by atoms with Crippen molar-refractivity contribution in [3.05, 3.63) is 88.0 Å². The summed E-state index contributed by atoms with van der Waals surface area (Å²) in [6, 6.07) is 17.9. The Kier molecular flexibility index (Phi) is 3.90. The molecule has 0 spiro atoms. The fourth-order valence-electron chi connectivity index (χ4n) is 3.84. The highest BCUT2D eigenvalue weighted by molar-refractivity contribution is 5.82. The number of aryl methyl sites for hydroxylation is 1. The quantitative estimate of drug-likeness (QED) is 0.536.